The maximum atomic E-state index is 12.0. The number of carbonyl (C=O) groups excluding carboxylic acids is 1. The Morgan fingerprint density at radius 1 is 1.50 bits per heavy atom. The zero-order valence-electron chi connectivity index (χ0n) is 10.9. The third-order valence-corrected chi connectivity index (χ3v) is 3.56. The van der Waals surface area contributed by atoms with E-state index < -0.39 is 0 Å². The Labute approximate surface area is 108 Å². The number of anilines is 1. The third-order valence-electron chi connectivity index (χ3n) is 3.56. The van der Waals surface area contributed by atoms with Crippen LogP contribution >= 0.6 is 0 Å². The molecule has 0 saturated carbocycles. The monoisotopic (exact) mass is 247 g/mol. The lowest BCUT2D eigenvalue weighted by atomic mass is 10.0. The number of nitrogens with two attached hydrogens (primary N) is 1. The van der Waals surface area contributed by atoms with Crippen LogP contribution in [0.1, 0.15) is 48.0 Å². The first-order valence-corrected chi connectivity index (χ1v) is 6.68. The maximum Gasteiger partial charge on any atom is 0.162 e. The second-order valence-electron chi connectivity index (χ2n) is 5.02. The van der Waals surface area contributed by atoms with Crippen molar-refractivity contribution in [2.24, 2.45) is 0 Å². The van der Waals surface area contributed by atoms with Gasteiger partial charge in [-0.1, -0.05) is 12.1 Å². The van der Waals surface area contributed by atoms with Gasteiger partial charge in [0.05, 0.1) is 6.10 Å². The molecule has 1 aromatic carbocycles. The first-order chi connectivity index (χ1) is 8.66. The number of Topliss-reactive ketones (excluding diaryl/α,β-unsaturated/α-hetero) is 1. The fourth-order valence-electron chi connectivity index (χ4n) is 2.32. The van der Waals surface area contributed by atoms with Crippen LogP contribution in [0.25, 0.3) is 0 Å². The molecule has 0 aliphatic carbocycles. The van der Waals surface area contributed by atoms with E-state index in [1.165, 1.54) is 0 Å². The number of benzene rings is 1. The Hall–Kier alpha value is -1.35. The summed E-state index contributed by atoms with van der Waals surface area (Å²) in [5.74, 6) is 0.180. The van der Waals surface area contributed by atoms with E-state index in [0.717, 1.165) is 43.4 Å². The van der Waals surface area contributed by atoms with Gasteiger partial charge in [-0.25, -0.2) is 0 Å². The molecular formula is C15H21NO2. The van der Waals surface area contributed by atoms with Gasteiger partial charge in [-0.05, 0) is 44.2 Å². The number of ketones is 1. The van der Waals surface area contributed by atoms with E-state index >= 15 is 0 Å². The predicted octanol–water partition coefficient (Wildman–Crippen LogP) is 3.11. The molecule has 98 valence electrons. The van der Waals surface area contributed by atoms with Crippen LogP contribution in [0.15, 0.2) is 18.2 Å². The van der Waals surface area contributed by atoms with Gasteiger partial charge in [0, 0.05) is 24.3 Å². The molecule has 0 aromatic heterocycles. The van der Waals surface area contributed by atoms with Crippen molar-refractivity contribution >= 4 is 11.5 Å². The lowest BCUT2D eigenvalue weighted by Crippen LogP contribution is -2.07. The molecule has 3 heteroatoms. The van der Waals surface area contributed by atoms with E-state index in [0.29, 0.717) is 18.2 Å². The Kier molecular flexibility index (Phi) is 4.37. The quantitative estimate of drug-likeness (QED) is 0.642. The van der Waals surface area contributed by atoms with Gasteiger partial charge < -0.3 is 10.5 Å². The largest absolute Gasteiger partial charge is 0.398 e. The van der Waals surface area contributed by atoms with Crippen LogP contribution in [-0.4, -0.2) is 18.5 Å². The molecule has 2 N–H and O–H groups in total. The molecule has 3 nitrogen and oxygen atoms in total. The zero-order chi connectivity index (χ0) is 13.0. The van der Waals surface area contributed by atoms with Gasteiger partial charge >= 0.3 is 0 Å². The average Bonchev–Trinajstić information content (AvgIpc) is 2.85. The van der Waals surface area contributed by atoms with Crippen molar-refractivity contribution < 1.29 is 9.53 Å². The normalized spacial score (nSPS) is 19.1. The van der Waals surface area contributed by atoms with Gasteiger partial charge in [0.1, 0.15) is 0 Å². The zero-order valence-corrected chi connectivity index (χ0v) is 10.9. The van der Waals surface area contributed by atoms with Gasteiger partial charge in [0.2, 0.25) is 0 Å². The molecule has 1 aliphatic rings. The number of rotatable bonds is 5. The fraction of sp³-hybridized carbons (Fsp3) is 0.533. The number of hydrogen-bond donors (Lipinski definition) is 1. The van der Waals surface area contributed by atoms with Crippen LogP contribution in [0.2, 0.25) is 0 Å². The SMILES string of the molecule is Cc1ccc(C(=O)CCCC2CCCO2)cc1N. The highest BCUT2D eigenvalue weighted by Gasteiger charge is 2.15. The van der Waals surface area contributed by atoms with E-state index in [4.69, 9.17) is 10.5 Å². The van der Waals surface area contributed by atoms with E-state index in [2.05, 4.69) is 0 Å². The van der Waals surface area contributed by atoms with Gasteiger partial charge in [0.25, 0.3) is 0 Å². The Balaban J connectivity index is 1.81. The second kappa shape index (κ2) is 6.01. The van der Waals surface area contributed by atoms with E-state index in [1.807, 2.05) is 19.1 Å². The van der Waals surface area contributed by atoms with Crippen molar-refractivity contribution in [1.82, 2.24) is 0 Å². The minimum absolute atomic E-state index is 0.180. The number of nitrogen functional groups attached to an aromatic ring is 1. The average molecular weight is 247 g/mol. The van der Waals surface area contributed by atoms with Crippen molar-refractivity contribution in [3.63, 3.8) is 0 Å². The van der Waals surface area contributed by atoms with Crippen molar-refractivity contribution in [3.05, 3.63) is 29.3 Å². The van der Waals surface area contributed by atoms with Gasteiger partial charge in [0.15, 0.2) is 5.78 Å². The highest BCUT2D eigenvalue weighted by atomic mass is 16.5. The fourth-order valence-corrected chi connectivity index (χ4v) is 2.32. The molecule has 1 unspecified atom stereocenters. The van der Waals surface area contributed by atoms with Gasteiger partial charge in [-0.2, -0.15) is 0 Å². The lowest BCUT2D eigenvalue weighted by molar-refractivity contribution is 0.0923. The minimum atomic E-state index is 0.180. The Bertz CT molecular complexity index is 423. The highest BCUT2D eigenvalue weighted by molar-refractivity contribution is 5.96. The van der Waals surface area contributed by atoms with Crippen molar-refractivity contribution in [3.8, 4) is 0 Å². The number of aryl methyl sites for hydroxylation is 1. The van der Waals surface area contributed by atoms with Crippen LogP contribution < -0.4 is 5.73 Å². The lowest BCUT2D eigenvalue weighted by Gasteiger charge is -2.08. The molecule has 0 spiro atoms. The molecule has 0 radical (unpaired) electrons. The molecule has 1 aromatic rings. The van der Waals surface area contributed by atoms with Gasteiger partial charge in [-0.15, -0.1) is 0 Å². The number of carbonyl (C=O) groups is 1. The molecule has 0 amide bonds. The van der Waals surface area contributed by atoms with E-state index in [9.17, 15) is 4.79 Å². The number of ether oxygens (including phenoxy) is 1. The number of hydrogen-bond acceptors (Lipinski definition) is 3. The maximum absolute atomic E-state index is 12.0. The smallest absolute Gasteiger partial charge is 0.162 e. The summed E-state index contributed by atoms with van der Waals surface area (Å²) in [5, 5.41) is 0. The first kappa shape index (κ1) is 13.1. The molecule has 18 heavy (non-hydrogen) atoms. The van der Waals surface area contributed by atoms with Crippen molar-refractivity contribution in [2.45, 2.75) is 45.1 Å². The summed E-state index contributed by atoms with van der Waals surface area (Å²) in [4.78, 5) is 12.0. The molecular weight excluding hydrogens is 226 g/mol. The third kappa shape index (κ3) is 3.33. The van der Waals surface area contributed by atoms with Crippen molar-refractivity contribution in [1.29, 1.82) is 0 Å². The summed E-state index contributed by atoms with van der Waals surface area (Å²) in [5.41, 5.74) is 8.26. The van der Waals surface area contributed by atoms with Crippen LogP contribution in [0, 0.1) is 6.92 Å². The highest BCUT2D eigenvalue weighted by Crippen LogP contribution is 2.19. The summed E-state index contributed by atoms with van der Waals surface area (Å²) in [6.45, 7) is 2.83. The first-order valence-electron chi connectivity index (χ1n) is 6.68. The van der Waals surface area contributed by atoms with Crippen LogP contribution in [0.4, 0.5) is 5.69 Å². The standard InChI is InChI=1S/C15H21NO2/c1-11-7-8-12(10-14(11)16)15(17)6-2-4-13-5-3-9-18-13/h7-8,10,13H,2-6,9,16H2,1H3. The van der Waals surface area contributed by atoms with Gasteiger partial charge in [-0.3, -0.25) is 4.79 Å². The Morgan fingerprint density at radius 3 is 3.00 bits per heavy atom. The predicted molar refractivity (Wildman–Crippen MR) is 72.7 cm³/mol. The molecule has 2 rings (SSSR count). The topological polar surface area (TPSA) is 52.3 Å². The Morgan fingerprint density at radius 2 is 2.33 bits per heavy atom. The van der Waals surface area contributed by atoms with Crippen LogP contribution in [-0.2, 0) is 4.74 Å². The summed E-state index contributed by atoms with van der Waals surface area (Å²) < 4.78 is 5.54. The van der Waals surface area contributed by atoms with Crippen LogP contribution in [0.5, 0.6) is 0 Å². The summed E-state index contributed by atoms with van der Waals surface area (Å²) in [6.07, 6.45) is 5.16. The molecule has 1 atom stereocenters. The summed E-state index contributed by atoms with van der Waals surface area (Å²) in [7, 11) is 0. The minimum Gasteiger partial charge on any atom is -0.398 e. The molecule has 0 bridgehead atoms. The summed E-state index contributed by atoms with van der Waals surface area (Å²) >= 11 is 0. The molecule has 1 aliphatic heterocycles. The molecule has 1 saturated heterocycles. The molecule has 1 heterocycles. The second-order valence-corrected chi connectivity index (χ2v) is 5.02. The van der Waals surface area contributed by atoms with Crippen LogP contribution in [0.3, 0.4) is 0 Å². The van der Waals surface area contributed by atoms with E-state index in [-0.39, 0.29) is 5.78 Å². The van der Waals surface area contributed by atoms with Crippen molar-refractivity contribution in [2.75, 3.05) is 12.3 Å². The summed E-state index contributed by atoms with van der Waals surface area (Å²) in [6, 6.07) is 5.55. The van der Waals surface area contributed by atoms with E-state index in [1.54, 1.807) is 6.07 Å². The molecule has 1 fully saturated rings.